The van der Waals surface area contributed by atoms with Crippen LogP contribution in [0.5, 0.6) is 0 Å². The van der Waals surface area contributed by atoms with Crippen LogP contribution in [0, 0.1) is 0 Å². The predicted molar refractivity (Wildman–Crippen MR) is 124 cm³/mol. The number of aryl methyl sites for hydroxylation is 1. The third-order valence-electron chi connectivity index (χ3n) is 4.91. The number of benzene rings is 3. The molecule has 31 heavy (non-hydrogen) atoms. The third kappa shape index (κ3) is 5.69. The molecule has 0 aliphatic heterocycles. The van der Waals surface area contributed by atoms with Crippen molar-refractivity contribution in [3.8, 4) is 0 Å². The van der Waals surface area contributed by atoms with Crippen LogP contribution >= 0.6 is 0 Å². The minimum absolute atomic E-state index is 0.184. The zero-order valence-corrected chi connectivity index (χ0v) is 18.3. The van der Waals surface area contributed by atoms with Crippen molar-refractivity contribution in [1.82, 2.24) is 4.31 Å². The number of carbonyl (C=O) groups excluding carboxylic acids is 1. The number of nitrogens with one attached hydrogen (secondary N) is 1. The van der Waals surface area contributed by atoms with Gasteiger partial charge in [0.15, 0.2) is 0 Å². The fraction of sp³-hybridized carbons (Fsp3) is 0.160. The molecule has 1 N–H and O–H groups in total. The lowest BCUT2D eigenvalue weighted by Crippen LogP contribution is -2.30. The minimum atomic E-state index is -3.65. The average molecular weight is 435 g/mol. The van der Waals surface area contributed by atoms with Gasteiger partial charge in [-0.15, -0.1) is 6.58 Å². The second-order valence-corrected chi connectivity index (χ2v) is 9.04. The fourth-order valence-corrected chi connectivity index (χ4v) is 4.55. The standard InChI is InChI=1S/C25H26N2O3S/c1-3-18-27(31(29,30)24-8-6-5-7-9-24)19-21-10-14-22(15-11-21)25(28)26-23-16-12-20(4-2)13-17-23/h3,5-17H,1,4,18-19H2,2H3,(H,26,28). The van der Waals surface area contributed by atoms with Gasteiger partial charge in [0.05, 0.1) is 4.90 Å². The molecule has 0 bridgehead atoms. The molecule has 3 aromatic rings. The molecule has 0 unspecified atom stereocenters. The number of hydrogen-bond acceptors (Lipinski definition) is 3. The third-order valence-corrected chi connectivity index (χ3v) is 6.73. The van der Waals surface area contributed by atoms with Crippen molar-refractivity contribution in [3.63, 3.8) is 0 Å². The molecule has 3 aromatic carbocycles. The number of anilines is 1. The summed E-state index contributed by atoms with van der Waals surface area (Å²) in [5.41, 5.74) is 3.23. The van der Waals surface area contributed by atoms with E-state index in [0.29, 0.717) is 5.56 Å². The van der Waals surface area contributed by atoms with Crippen LogP contribution in [0.3, 0.4) is 0 Å². The Morgan fingerprint density at radius 2 is 1.55 bits per heavy atom. The minimum Gasteiger partial charge on any atom is -0.322 e. The molecule has 0 spiro atoms. The summed E-state index contributed by atoms with van der Waals surface area (Å²) >= 11 is 0. The Balaban J connectivity index is 1.71. The molecule has 3 rings (SSSR count). The summed E-state index contributed by atoms with van der Waals surface area (Å²) in [4.78, 5) is 12.8. The topological polar surface area (TPSA) is 66.5 Å². The number of hydrogen-bond donors (Lipinski definition) is 1. The quantitative estimate of drug-likeness (QED) is 0.488. The molecule has 0 heterocycles. The maximum absolute atomic E-state index is 13.0. The number of amides is 1. The first kappa shape index (κ1) is 22.5. The van der Waals surface area contributed by atoms with E-state index in [1.165, 1.54) is 9.87 Å². The van der Waals surface area contributed by atoms with Gasteiger partial charge < -0.3 is 5.32 Å². The number of sulfonamides is 1. The molecule has 0 radical (unpaired) electrons. The highest BCUT2D eigenvalue weighted by molar-refractivity contribution is 7.89. The van der Waals surface area contributed by atoms with E-state index in [2.05, 4.69) is 18.8 Å². The van der Waals surface area contributed by atoms with E-state index in [0.717, 1.165) is 17.7 Å². The van der Waals surface area contributed by atoms with E-state index in [-0.39, 0.29) is 23.9 Å². The highest BCUT2D eigenvalue weighted by Gasteiger charge is 2.23. The Morgan fingerprint density at radius 3 is 2.13 bits per heavy atom. The Labute approximate surface area is 184 Å². The van der Waals surface area contributed by atoms with Crippen molar-refractivity contribution in [2.75, 3.05) is 11.9 Å². The van der Waals surface area contributed by atoms with Gasteiger partial charge in [-0.2, -0.15) is 4.31 Å². The van der Waals surface area contributed by atoms with Crippen molar-refractivity contribution in [3.05, 3.63) is 108 Å². The van der Waals surface area contributed by atoms with Crippen LogP contribution in [-0.4, -0.2) is 25.2 Å². The zero-order valence-electron chi connectivity index (χ0n) is 17.5. The number of carbonyl (C=O) groups is 1. The smallest absolute Gasteiger partial charge is 0.255 e. The maximum Gasteiger partial charge on any atom is 0.255 e. The molecule has 0 atom stereocenters. The molecule has 0 saturated carbocycles. The molecule has 0 saturated heterocycles. The molecule has 0 aliphatic rings. The van der Waals surface area contributed by atoms with Crippen LogP contribution in [0.2, 0.25) is 0 Å². The summed E-state index contributed by atoms with van der Waals surface area (Å²) < 4.78 is 27.3. The van der Waals surface area contributed by atoms with Gasteiger partial charge in [0.1, 0.15) is 0 Å². The van der Waals surface area contributed by atoms with Crippen LogP contribution in [0.4, 0.5) is 5.69 Å². The van der Waals surface area contributed by atoms with Gasteiger partial charge in [-0.3, -0.25) is 4.79 Å². The van der Waals surface area contributed by atoms with Crippen LogP contribution in [-0.2, 0) is 23.0 Å². The summed E-state index contributed by atoms with van der Waals surface area (Å²) in [5.74, 6) is -0.212. The molecular weight excluding hydrogens is 408 g/mol. The van der Waals surface area contributed by atoms with E-state index in [4.69, 9.17) is 0 Å². The van der Waals surface area contributed by atoms with E-state index in [1.807, 2.05) is 24.3 Å². The summed E-state index contributed by atoms with van der Waals surface area (Å²) in [5, 5.41) is 2.88. The highest BCUT2D eigenvalue weighted by atomic mass is 32.2. The van der Waals surface area contributed by atoms with Crippen molar-refractivity contribution < 1.29 is 13.2 Å². The van der Waals surface area contributed by atoms with E-state index in [9.17, 15) is 13.2 Å². The van der Waals surface area contributed by atoms with Gasteiger partial charge in [-0.25, -0.2) is 8.42 Å². The maximum atomic E-state index is 13.0. The molecule has 160 valence electrons. The lowest BCUT2D eigenvalue weighted by atomic mass is 10.1. The summed E-state index contributed by atoms with van der Waals surface area (Å²) in [6, 6.07) is 23.0. The lowest BCUT2D eigenvalue weighted by Gasteiger charge is -2.21. The first-order chi connectivity index (χ1) is 14.9. The van der Waals surface area contributed by atoms with Gasteiger partial charge in [-0.1, -0.05) is 55.5 Å². The summed E-state index contributed by atoms with van der Waals surface area (Å²) in [6.45, 7) is 6.13. The number of rotatable bonds is 9. The van der Waals surface area contributed by atoms with Gasteiger partial charge in [0, 0.05) is 24.3 Å². The largest absolute Gasteiger partial charge is 0.322 e. The number of nitrogens with zero attached hydrogens (tertiary/aromatic N) is 1. The Hall–Kier alpha value is -3.22. The van der Waals surface area contributed by atoms with Crippen molar-refractivity contribution in [2.24, 2.45) is 0 Å². The normalized spacial score (nSPS) is 11.3. The van der Waals surface area contributed by atoms with Crippen LogP contribution in [0.1, 0.15) is 28.4 Å². The van der Waals surface area contributed by atoms with Crippen LogP contribution < -0.4 is 5.32 Å². The second kappa shape index (κ2) is 10.2. The predicted octanol–water partition coefficient (Wildman–Crippen LogP) is 4.88. The van der Waals surface area contributed by atoms with Crippen LogP contribution in [0.25, 0.3) is 0 Å². The van der Waals surface area contributed by atoms with Gasteiger partial charge in [0.25, 0.3) is 5.91 Å². The van der Waals surface area contributed by atoms with Gasteiger partial charge in [-0.05, 0) is 53.9 Å². The SMILES string of the molecule is C=CCN(Cc1ccc(C(=O)Nc2ccc(CC)cc2)cc1)S(=O)(=O)c1ccccc1. The first-order valence-electron chi connectivity index (χ1n) is 10.1. The molecule has 5 nitrogen and oxygen atoms in total. The molecular formula is C25H26N2O3S. The second-order valence-electron chi connectivity index (χ2n) is 7.10. The lowest BCUT2D eigenvalue weighted by molar-refractivity contribution is 0.102. The van der Waals surface area contributed by atoms with Crippen molar-refractivity contribution >= 4 is 21.6 Å². The Kier molecular flexibility index (Phi) is 7.39. The van der Waals surface area contributed by atoms with E-state index < -0.39 is 10.0 Å². The molecule has 0 aromatic heterocycles. The Morgan fingerprint density at radius 1 is 0.935 bits per heavy atom. The highest BCUT2D eigenvalue weighted by Crippen LogP contribution is 2.19. The van der Waals surface area contributed by atoms with E-state index >= 15 is 0 Å². The van der Waals surface area contributed by atoms with E-state index in [1.54, 1.807) is 60.7 Å². The molecule has 1 amide bonds. The van der Waals surface area contributed by atoms with Gasteiger partial charge in [0.2, 0.25) is 10.0 Å². The summed E-state index contributed by atoms with van der Waals surface area (Å²) in [6.07, 6.45) is 2.50. The molecule has 0 aliphatic carbocycles. The average Bonchev–Trinajstić information content (AvgIpc) is 2.80. The first-order valence-corrected chi connectivity index (χ1v) is 11.5. The van der Waals surface area contributed by atoms with Crippen molar-refractivity contribution in [2.45, 2.75) is 24.8 Å². The van der Waals surface area contributed by atoms with Gasteiger partial charge >= 0.3 is 0 Å². The fourth-order valence-electron chi connectivity index (χ4n) is 3.13. The van der Waals surface area contributed by atoms with Crippen molar-refractivity contribution in [1.29, 1.82) is 0 Å². The Bertz CT molecular complexity index is 1120. The monoisotopic (exact) mass is 434 g/mol. The zero-order chi connectivity index (χ0) is 22.3. The van der Waals surface area contributed by atoms with Crippen LogP contribution in [0.15, 0.2) is 96.4 Å². The molecule has 6 heteroatoms. The molecule has 0 fully saturated rings. The summed E-state index contributed by atoms with van der Waals surface area (Å²) in [7, 11) is -3.65.